The molecule has 98 valence electrons. The Kier molecular flexibility index (Phi) is 3.42. The molecule has 0 spiro atoms. The van der Waals surface area contributed by atoms with Crippen LogP contribution in [-0.4, -0.2) is 9.97 Å². The fourth-order valence-corrected chi connectivity index (χ4v) is 2.38. The summed E-state index contributed by atoms with van der Waals surface area (Å²) >= 11 is 0. The van der Waals surface area contributed by atoms with Crippen molar-refractivity contribution in [2.24, 2.45) is 5.92 Å². The maximum absolute atomic E-state index is 11.3. The quantitative estimate of drug-likeness (QED) is 0.859. The average Bonchev–Trinajstić information content (AvgIpc) is 3.25. The molecule has 1 saturated carbocycles. The molecule has 0 aromatic carbocycles. The number of aromatic nitrogens is 2. The third kappa shape index (κ3) is 3.09. The van der Waals surface area contributed by atoms with Crippen LogP contribution in [0.4, 0.5) is 0 Å². The number of pyridine rings is 2. The van der Waals surface area contributed by atoms with Crippen LogP contribution in [0.5, 0.6) is 0 Å². The van der Waals surface area contributed by atoms with Gasteiger partial charge in [0.05, 0.1) is 0 Å². The van der Waals surface area contributed by atoms with E-state index in [1.807, 2.05) is 18.5 Å². The smallest absolute Gasteiger partial charge is 0.248 e. The Morgan fingerprint density at radius 3 is 2.79 bits per heavy atom. The van der Waals surface area contributed by atoms with Gasteiger partial charge in [-0.2, -0.15) is 0 Å². The molecule has 19 heavy (non-hydrogen) atoms. The second-order valence-electron chi connectivity index (χ2n) is 5.04. The zero-order chi connectivity index (χ0) is 13.1. The van der Waals surface area contributed by atoms with Gasteiger partial charge in [-0.15, -0.1) is 0 Å². The Balaban J connectivity index is 1.71. The molecule has 3 rings (SSSR count). The van der Waals surface area contributed by atoms with Crippen LogP contribution in [0.15, 0.2) is 47.7 Å². The molecule has 1 atom stereocenters. The minimum absolute atomic E-state index is 0.0498. The van der Waals surface area contributed by atoms with E-state index in [2.05, 4.69) is 27.4 Å². The average molecular weight is 255 g/mol. The highest BCUT2D eigenvalue weighted by Crippen LogP contribution is 2.40. The Morgan fingerprint density at radius 2 is 2.11 bits per heavy atom. The Hall–Kier alpha value is -1.94. The van der Waals surface area contributed by atoms with Gasteiger partial charge in [-0.3, -0.25) is 9.78 Å². The predicted molar refractivity (Wildman–Crippen MR) is 73.6 cm³/mol. The summed E-state index contributed by atoms with van der Waals surface area (Å²) in [5.74, 6) is 0.712. The molecule has 1 unspecified atom stereocenters. The van der Waals surface area contributed by atoms with Crippen molar-refractivity contribution in [2.75, 3.05) is 0 Å². The third-order valence-corrected chi connectivity index (χ3v) is 3.52. The van der Waals surface area contributed by atoms with Crippen molar-refractivity contribution in [3.8, 4) is 0 Å². The fourth-order valence-electron chi connectivity index (χ4n) is 2.38. The van der Waals surface area contributed by atoms with Crippen LogP contribution in [0.25, 0.3) is 0 Å². The van der Waals surface area contributed by atoms with E-state index in [0.717, 1.165) is 5.56 Å². The van der Waals surface area contributed by atoms with Crippen LogP contribution < -0.4 is 10.9 Å². The summed E-state index contributed by atoms with van der Waals surface area (Å²) < 4.78 is 0. The molecule has 2 aromatic rings. The standard InChI is InChI=1S/C15H17N3O/c19-14-9-11(3-8-17-14)10-18-15(12-1-2-12)13-4-6-16-7-5-13/h3-9,12,15,18H,1-2,10H2,(H,17,19). The molecule has 4 nitrogen and oxygen atoms in total. The molecule has 4 heteroatoms. The first kappa shape index (κ1) is 12.1. The number of hydrogen-bond donors (Lipinski definition) is 2. The van der Waals surface area contributed by atoms with Crippen molar-refractivity contribution in [3.63, 3.8) is 0 Å². The molecule has 0 bridgehead atoms. The van der Waals surface area contributed by atoms with Gasteiger partial charge in [-0.05, 0) is 48.1 Å². The highest BCUT2D eigenvalue weighted by molar-refractivity contribution is 5.19. The number of hydrogen-bond acceptors (Lipinski definition) is 3. The monoisotopic (exact) mass is 255 g/mol. The molecule has 1 aliphatic carbocycles. The maximum atomic E-state index is 11.3. The van der Waals surface area contributed by atoms with Gasteiger partial charge in [0.15, 0.2) is 0 Å². The normalized spacial score (nSPS) is 16.2. The molecule has 2 aromatic heterocycles. The Morgan fingerprint density at radius 1 is 1.32 bits per heavy atom. The van der Waals surface area contributed by atoms with Crippen molar-refractivity contribution in [2.45, 2.75) is 25.4 Å². The summed E-state index contributed by atoms with van der Waals surface area (Å²) in [6, 6.07) is 8.07. The highest BCUT2D eigenvalue weighted by atomic mass is 16.1. The van der Waals surface area contributed by atoms with Crippen LogP contribution in [0.2, 0.25) is 0 Å². The Labute approximate surface area is 111 Å². The minimum atomic E-state index is -0.0498. The highest BCUT2D eigenvalue weighted by Gasteiger charge is 2.31. The molecule has 2 N–H and O–H groups in total. The van der Waals surface area contributed by atoms with Gasteiger partial charge < -0.3 is 10.3 Å². The minimum Gasteiger partial charge on any atom is -0.329 e. The molecule has 1 fully saturated rings. The number of rotatable bonds is 5. The lowest BCUT2D eigenvalue weighted by molar-refractivity contribution is 0.479. The zero-order valence-corrected chi connectivity index (χ0v) is 10.7. The lowest BCUT2D eigenvalue weighted by Crippen LogP contribution is -2.23. The topological polar surface area (TPSA) is 57.8 Å². The van der Waals surface area contributed by atoms with E-state index in [1.165, 1.54) is 18.4 Å². The van der Waals surface area contributed by atoms with Crippen molar-refractivity contribution >= 4 is 0 Å². The van der Waals surface area contributed by atoms with Crippen molar-refractivity contribution in [3.05, 3.63) is 64.3 Å². The first-order valence-corrected chi connectivity index (χ1v) is 6.64. The van der Waals surface area contributed by atoms with E-state index in [0.29, 0.717) is 18.5 Å². The van der Waals surface area contributed by atoms with Crippen LogP contribution >= 0.6 is 0 Å². The number of nitrogens with one attached hydrogen (secondary N) is 2. The summed E-state index contributed by atoms with van der Waals surface area (Å²) in [7, 11) is 0. The predicted octanol–water partition coefficient (Wildman–Crippen LogP) is 2.01. The van der Waals surface area contributed by atoms with Crippen LogP contribution in [-0.2, 0) is 6.54 Å². The molecule has 0 radical (unpaired) electrons. The second kappa shape index (κ2) is 5.36. The van der Waals surface area contributed by atoms with E-state index in [1.54, 1.807) is 12.3 Å². The molecule has 0 aliphatic heterocycles. The lowest BCUT2D eigenvalue weighted by Gasteiger charge is -2.18. The first-order chi connectivity index (χ1) is 9.33. The molecular weight excluding hydrogens is 238 g/mol. The first-order valence-electron chi connectivity index (χ1n) is 6.64. The SMILES string of the molecule is O=c1cc(CNC(c2ccncc2)C2CC2)cc[nH]1. The Bertz CT molecular complexity index is 590. The summed E-state index contributed by atoms with van der Waals surface area (Å²) in [4.78, 5) is 18.0. The van der Waals surface area contributed by atoms with E-state index in [4.69, 9.17) is 0 Å². The van der Waals surface area contributed by atoms with Crippen LogP contribution in [0.1, 0.15) is 30.0 Å². The molecule has 0 saturated heterocycles. The van der Waals surface area contributed by atoms with Crippen molar-refractivity contribution in [1.82, 2.24) is 15.3 Å². The third-order valence-electron chi connectivity index (χ3n) is 3.52. The van der Waals surface area contributed by atoms with Gasteiger partial charge in [0.1, 0.15) is 0 Å². The molecule has 2 heterocycles. The molecule has 0 amide bonds. The number of H-pyrrole nitrogens is 1. The van der Waals surface area contributed by atoms with Crippen LogP contribution in [0, 0.1) is 5.92 Å². The number of aromatic amines is 1. The van der Waals surface area contributed by atoms with Gasteiger partial charge >= 0.3 is 0 Å². The zero-order valence-electron chi connectivity index (χ0n) is 10.7. The van der Waals surface area contributed by atoms with E-state index >= 15 is 0 Å². The van der Waals surface area contributed by atoms with Gasteiger partial charge in [0.25, 0.3) is 0 Å². The van der Waals surface area contributed by atoms with Crippen LogP contribution in [0.3, 0.4) is 0 Å². The van der Waals surface area contributed by atoms with Crippen molar-refractivity contribution < 1.29 is 0 Å². The summed E-state index contributed by atoms with van der Waals surface area (Å²) in [5.41, 5.74) is 2.25. The van der Waals surface area contributed by atoms with E-state index in [9.17, 15) is 4.79 Å². The van der Waals surface area contributed by atoms with E-state index in [-0.39, 0.29) is 5.56 Å². The van der Waals surface area contributed by atoms with Gasteiger partial charge in [-0.1, -0.05) is 0 Å². The largest absolute Gasteiger partial charge is 0.329 e. The summed E-state index contributed by atoms with van der Waals surface area (Å²) in [6.45, 7) is 0.716. The fraction of sp³-hybridized carbons (Fsp3) is 0.333. The maximum Gasteiger partial charge on any atom is 0.248 e. The molecular formula is C15H17N3O. The van der Waals surface area contributed by atoms with E-state index < -0.39 is 0 Å². The lowest BCUT2D eigenvalue weighted by atomic mass is 10.0. The molecule has 1 aliphatic rings. The second-order valence-corrected chi connectivity index (χ2v) is 5.04. The van der Waals surface area contributed by atoms with Gasteiger partial charge in [-0.25, -0.2) is 0 Å². The number of nitrogens with zero attached hydrogens (tertiary/aromatic N) is 1. The van der Waals surface area contributed by atoms with Crippen molar-refractivity contribution in [1.29, 1.82) is 0 Å². The van der Waals surface area contributed by atoms with Gasteiger partial charge in [0, 0.05) is 37.2 Å². The van der Waals surface area contributed by atoms with Gasteiger partial charge in [0.2, 0.25) is 5.56 Å². The summed E-state index contributed by atoms with van der Waals surface area (Å²) in [5, 5.41) is 3.56. The summed E-state index contributed by atoms with van der Waals surface area (Å²) in [6.07, 6.45) is 7.90.